The quantitative estimate of drug-likeness (QED) is 0.747. The molecule has 2 N–H and O–H groups in total. The fraction of sp³-hybridized carbons (Fsp3) is 1.00. The third kappa shape index (κ3) is 4.04. The Kier molecular flexibility index (Phi) is 5.73. The summed E-state index contributed by atoms with van der Waals surface area (Å²) in [5.41, 5.74) is 6.40. The molecule has 0 aromatic heterocycles. The van der Waals surface area contributed by atoms with Crippen molar-refractivity contribution in [2.24, 2.45) is 5.73 Å². The van der Waals surface area contributed by atoms with Gasteiger partial charge in [-0.1, -0.05) is 20.8 Å². The number of rotatable bonds is 6. The molecule has 0 radical (unpaired) electrons. The molecule has 3 heteroatoms. The summed E-state index contributed by atoms with van der Waals surface area (Å²) in [6, 6.07) is 0. The standard InChI is InChI=1S/C13H29N3/c1-4-7-15-8-10-16(11-9-15)12-13(14,5-2)6-3/h4-12,14H2,1-3H3. The molecule has 0 aromatic carbocycles. The van der Waals surface area contributed by atoms with E-state index in [0.29, 0.717) is 0 Å². The lowest BCUT2D eigenvalue weighted by atomic mass is 9.93. The van der Waals surface area contributed by atoms with Gasteiger partial charge in [0, 0.05) is 38.3 Å². The van der Waals surface area contributed by atoms with Gasteiger partial charge in [-0.2, -0.15) is 0 Å². The SMILES string of the molecule is CCCN1CCN(CC(N)(CC)CC)CC1. The molecule has 0 aliphatic carbocycles. The number of hydrogen-bond acceptors (Lipinski definition) is 3. The molecule has 0 saturated carbocycles. The van der Waals surface area contributed by atoms with E-state index >= 15 is 0 Å². The Labute approximate surface area is 101 Å². The molecule has 0 spiro atoms. The van der Waals surface area contributed by atoms with E-state index in [1.807, 2.05) is 0 Å². The fourth-order valence-corrected chi connectivity index (χ4v) is 2.41. The molecule has 3 nitrogen and oxygen atoms in total. The second-order valence-electron chi connectivity index (χ2n) is 5.19. The Balaban J connectivity index is 2.31. The van der Waals surface area contributed by atoms with Crippen LogP contribution in [-0.4, -0.2) is 54.6 Å². The Morgan fingerprint density at radius 2 is 1.44 bits per heavy atom. The summed E-state index contributed by atoms with van der Waals surface area (Å²) in [5, 5.41) is 0. The Morgan fingerprint density at radius 3 is 1.88 bits per heavy atom. The fourth-order valence-electron chi connectivity index (χ4n) is 2.41. The predicted octanol–water partition coefficient (Wildman–Crippen LogP) is 1.53. The van der Waals surface area contributed by atoms with E-state index in [1.54, 1.807) is 0 Å². The van der Waals surface area contributed by atoms with Crippen molar-refractivity contribution in [3.05, 3.63) is 0 Å². The van der Waals surface area contributed by atoms with Crippen LogP contribution in [0.5, 0.6) is 0 Å². The van der Waals surface area contributed by atoms with E-state index in [2.05, 4.69) is 30.6 Å². The summed E-state index contributed by atoms with van der Waals surface area (Å²) in [6.07, 6.45) is 3.43. The molecule has 1 aliphatic heterocycles. The van der Waals surface area contributed by atoms with Crippen molar-refractivity contribution in [1.82, 2.24) is 9.80 Å². The summed E-state index contributed by atoms with van der Waals surface area (Å²) >= 11 is 0. The van der Waals surface area contributed by atoms with Crippen LogP contribution < -0.4 is 5.73 Å². The van der Waals surface area contributed by atoms with Crippen LogP contribution >= 0.6 is 0 Å². The number of piperazine rings is 1. The van der Waals surface area contributed by atoms with E-state index < -0.39 is 0 Å². The maximum absolute atomic E-state index is 6.37. The van der Waals surface area contributed by atoms with Gasteiger partial charge in [-0.3, -0.25) is 4.90 Å². The molecule has 96 valence electrons. The molecule has 1 saturated heterocycles. The molecule has 16 heavy (non-hydrogen) atoms. The van der Waals surface area contributed by atoms with E-state index in [9.17, 15) is 0 Å². The maximum atomic E-state index is 6.37. The first kappa shape index (κ1) is 13.9. The van der Waals surface area contributed by atoms with Crippen molar-refractivity contribution in [2.45, 2.75) is 45.6 Å². The first-order chi connectivity index (χ1) is 7.63. The highest BCUT2D eigenvalue weighted by Gasteiger charge is 2.25. The van der Waals surface area contributed by atoms with Gasteiger partial charge in [-0.25, -0.2) is 0 Å². The molecule has 1 heterocycles. The highest BCUT2D eigenvalue weighted by atomic mass is 15.3. The Hall–Kier alpha value is -0.120. The number of hydrogen-bond donors (Lipinski definition) is 1. The maximum Gasteiger partial charge on any atom is 0.0278 e. The predicted molar refractivity (Wildman–Crippen MR) is 70.7 cm³/mol. The van der Waals surface area contributed by atoms with Crippen molar-refractivity contribution in [3.63, 3.8) is 0 Å². The zero-order valence-corrected chi connectivity index (χ0v) is 11.3. The molecule has 0 aromatic rings. The molecule has 1 aliphatic rings. The molecule has 1 fully saturated rings. The lowest BCUT2D eigenvalue weighted by Crippen LogP contribution is -2.55. The van der Waals surface area contributed by atoms with Crippen LogP contribution in [0.1, 0.15) is 40.0 Å². The first-order valence-electron chi connectivity index (χ1n) is 6.87. The van der Waals surface area contributed by atoms with E-state index in [1.165, 1.54) is 39.1 Å². The van der Waals surface area contributed by atoms with Crippen LogP contribution in [0.25, 0.3) is 0 Å². The van der Waals surface area contributed by atoms with Gasteiger partial charge in [-0.15, -0.1) is 0 Å². The molecular weight excluding hydrogens is 198 g/mol. The zero-order valence-electron chi connectivity index (χ0n) is 11.3. The van der Waals surface area contributed by atoms with Crippen LogP contribution in [0.15, 0.2) is 0 Å². The molecule has 0 bridgehead atoms. The normalized spacial score (nSPS) is 20.2. The van der Waals surface area contributed by atoms with Crippen molar-refractivity contribution >= 4 is 0 Å². The van der Waals surface area contributed by atoms with Crippen molar-refractivity contribution in [1.29, 1.82) is 0 Å². The van der Waals surface area contributed by atoms with Crippen molar-refractivity contribution in [3.8, 4) is 0 Å². The molecule has 0 atom stereocenters. The minimum absolute atomic E-state index is 0.0346. The van der Waals surface area contributed by atoms with E-state index in [0.717, 1.165) is 19.4 Å². The summed E-state index contributed by atoms with van der Waals surface area (Å²) in [7, 11) is 0. The van der Waals surface area contributed by atoms with Crippen LogP contribution in [0, 0.1) is 0 Å². The smallest absolute Gasteiger partial charge is 0.0278 e. The summed E-state index contributed by atoms with van der Waals surface area (Å²) < 4.78 is 0. The second-order valence-corrected chi connectivity index (χ2v) is 5.19. The Morgan fingerprint density at radius 1 is 0.938 bits per heavy atom. The summed E-state index contributed by atoms with van der Waals surface area (Å²) in [5.74, 6) is 0. The lowest BCUT2D eigenvalue weighted by Gasteiger charge is -2.39. The van der Waals surface area contributed by atoms with Gasteiger partial charge in [0.1, 0.15) is 0 Å². The summed E-state index contributed by atoms with van der Waals surface area (Å²) in [4.78, 5) is 5.10. The van der Waals surface area contributed by atoms with E-state index in [4.69, 9.17) is 5.73 Å². The molecule has 1 rings (SSSR count). The monoisotopic (exact) mass is 227 g/mol. The minimum atomic E-state index is 0.0346. The van der Waals surface area contributed by atoms with Crippen LogP contribution in [0.3, 0.4) is 0 Å². The number of nitrogens with zero attached hydrogens (tertiary/aromatic N) is 2. The molecule has 0 unspecified atom stereocenters. The largest absolute Gasteiger partial charge is 0.324 e. The van der Waals surface area contributed by atoms with E-state index in [-0.39, 0.29) is 5.54 Å². The lowest BCUT2D eigenvalue weighted by molar-refractivity contribution is 0.108. The van der Waals surface area contributed by atoms with Gasteiger partial charge in [0.2, 0.25) is 0 Å². The molecular formula is C13H29N3. The highest BCUT2D eigenvalue weighted by molar-refractivity contribution is 4.86. The average Bonchev–Trinajstić information content (AvgIpc) is 2.32. The van der Waals surface area contributed by atoms with Crippen LogP contribution in [0.2, 0.25) is 0 Å². The highest BCUT2D eigenvalue weighted by Crippen LogP contribution is 2.14. The summed E-state index contributed by atoms with van der Waals surface area (Å²) in [6.45, 7) is 13.8. The van der Waals surface area contributed by atoms with Gasteiger partial charge < -0.3 is 10.6 Å². The number of nitrogens with two attached hydrogens (primary N) is 1. The topological polar surface area (TPSA) is 32.5 Å². The molecule has 0 amide bonds. The Bertz CT molecular complexity index is 182. The van der Waals surface area contributed by atoms with Gasteiger partial charge >= 0.3 is 0 Å². The third-order valence-electron chi connectivity index (χ3n) is 3.95. The van der Waals surface area contributed by atoms with Gasteiger partial charge in [0.25, 0.3) is 0 Å². The average molecular weight is 227 g/mol. The third-order valence-corrected chi connectivity index (χ3v) is 3.95. The van der Waals surface area contributed by atoms with Crippen molar-refractivity contribution in [2.75, 3.05) is 39.3 Å². The minimum Gasteiger partial charge on any atom is -0.324 e. The van der Waals surface area contributed by atoms with Crippen molar-refractivity contribution < 1.29 is 0 Å². The van der Waals surface area contributed by atoms with Crippen LogP contribution in [-0.2, 0) is 0 Å². The first-order valence-corrected chi connectivity index (χ1v) is 6.87. The van der Waals surface area contributed by atoms with Gasteiger partial charge in [0.05, 0.1) is 0 Å². The van der Waals surface area contributed by atoms with Gasteiger partial charge in [0.15, 0.2) is 0 Å². The second kappa shape index (κ2) is 6.58. The zero-order chi connectivity index (χ0) is 12.0. The van der Waals surface area contributed by atoms with Gasteiger partial charge in [-0.05, 0) is 25.8 Å². The van der Waals surface area contributed by atoms with Crippen LogP contribution in [0.4, 0.5) is 0 Å².